The van der Waals surface area contributed by atoms with E-state index in [9.17, 15) is 22.8 Å². The number of azo groups is 1. The van der Waals surface area contributed by atoms with Gasteiger partial charge in [-0.2, -0.15) is 18.3 Å². The van der Waals surface area contributed by atoms with Crippen molar-refractivity contribution in [3.8, 4) is 0 Å². The Bertz CT molecular complexity index is 571. The lowest BCUT2D eigenvalue weighted by atomic mass is 10.0. The van der Waals surface area contributed by atoms with E-state index in [2.05, 4.69) is 10.2 Å². The third kappa shape index (κ3) is 2.20. The van der Waals surface area contributed by atoms with Gasteiger partial charge >= 0.3 is 12.1 Å². The van der Waals surface area contributed by atoms with Crippen molar-refractivity contribution in [1.82, 2.24) is 0 Å². The number of carbonyl (C=O) groups is 2. The van der Waals surface area contributed by atoms with Crippen LogP contribution in [0.5, 0.6) is 0 Å². The second-order valence-corrected chi connectivity index (χ2v) is 3.47. The minimum atomic E-state index is -4.46. The molecule has 1 aliphatic heterocycles. The normalized spacial score (nSPS) is 14.8. The summed E-state index contributed by atoms with van der Waals surface area (Å²) in [4.78, 5) is 22.8. The summed E-state index contributed by atoms with van der Waals surface area (Å²) in [7, 11) is 0. The summed E-state index contributed by atoms with van der Waals surface area (Å²) < 4.78 is 36.9. The Hall–Kier alpha value is -2.31. The average molecular weight is 254 g/mol. The van der Waals surface area contributed by atoms with Gasteiger partial charge in [0.15, 0.2) is 5.78 Å². The molecule has 0 radical (unpaired) electrons. The highest BCUT2D eigenvalue weighted by atomic mass is 19.4. The SMILES string of the molecule is O=C1N=NC=C1C(=O)c1ccc(C(F)(F)F)cc1. The standard InChI is InChI=1S/C11H5F3N2O2/c12-11(13,14)7-3-1-6(2-4-7)9(17)8-5-15-16-10(8)18/h1-5H. The smallest absolute Gasteiger partial charge is 0.288 e. The molecule has 1 amide bonds. The first-order chi connectivity index (χ1) is 8.39. The second kappa shape index (κ2) is 4.17. The quantitative estimate of drug-likeness (QED) is 0.601. The van der Waals surface area contributed by atoms with E-state index in [1.54, 1.807) is 0 Å². The molecule has 18 heavy (non-hydrogen) atoms. The van der Waals surface area contributed by atoms with Crippen LogP contribution in [0, 0.1) is 0 Å². The maximum absolute atomic E-state index is 12.3. The summed E-state index contributed by atoms with van der Waals surface area (Å²) >= 11 is 0. The molecule has 1 aromatic rings. The van der Waals surface area contributed by atoms with E-state index in [1.807, 2.05) is 0 Å². The van der Waals surface area contributed by atoms with Crippen LogP contribution in [0.15, 0.2) is 46.3 Å². The van der Waals surface area contributed by atoms with Crippen molar-refractivity contribution in [2.45, 2.75) is 6.18 Å². The van der Waals surface area contributed by atoms with Gasteiger partial charge < -0.3 is 0 Å². The Morgan fingerprint density at radius 2 is 1.72 bits per heavy atom. The number of hydrogen-bond donors (Lipinski definition) is 0. The number of Topliss-reactive ketones (excluding diaryl/α,β-unsaturated/α-hetero) is 1. The molecule has 92 valence electrons. The minimum absolute atomic E-state index is 0.0186. The van der Waals surface area contributed by atoms with E-state index >= 15 is 0 Å². The van der Waals surface area contributed by atoms with Crippen LogP contribution in [-0.2, 0) is 11.0 Å². The fourth-order valence-corrected chi connectivity index (χ4v) is 1.37. The van der Waals surface area contributed by atoms with E-state index < -0.39 is 23.4 Å². The molecule has 0 aromatic heterocycles. The van der Waals surface area contributed by atoms with Crippen LogP contribution >= 0.6 is 0 Å². The molecule has 1 heterocycles. The van der Waals surface area contributed by atoms with Crippen molar-refractivity contribution in [3.05, 3.63) is 47.2 Å². The number of carbonyl (C=O) groups excluding carboxylic acids is 2. The molecule has 0 unspecified atom stereocenters. The van der Waals surface area contributed by atoms with Gasteiger partial charge in [0, 0.05) is 5.56 Å². The van der Waals surface area contributed by atoms with Gasteiger partial charge in [0.05, 0.1) is 11.8 Å². The van der Waals surface area contributed by atoms with Gasteiger partial charge in [-0.15, -0.1) is 5.11 Å². The summed E-state index contributed by atoms with van der Waals surface area (Å²) in [6, 6.07) is 3.58. The zero-order chi connectivity index (χ0) is 13.3. The molecule has 0 atom stereocenters. The highest BCUT2D eigenvalue weighted by Crippen LogP contribution is 2.29. The Balaban J connectivity index is 2.26. The van der Waals surface area contributed by atoms with Gasteiger partial charge in [-0.25, -0.2) is 0 Å². The minimum Gasteiger partial charge on any atom is -0.288 e. The molecule has 0 N–H and O–H groups in total. The molecular weight excluding hydrogens is 249 g/mol. The fraction of sp³-hybridized carbons (Fsp3) is 0.0909. The van der Waals surface area contributed by atoms with Crippen LogP contribution in [-0.4, -0.2) is 11.7 Å². The fourth-order valence-electron chi connectivity index (χ4n) is 1.37. The monoisotopic (exact) mass is 254 g/mol. The van der Waals surface area contributed by atoms with E-state index in [4.69, 9.17) is 0 Å². The molecule has 0 bridgehead atoms. The number of amides is 1. The second-order valence-electron chi connectivity index (χ2n) is 3.47. The summed E-state index contributed by atoms with van der Waals surface area (Å²) in [6.07, 6.45) is -3.48. The largest absolute Gasteiger partial charge is 0.416 e. The van der Waals surface area contributed by atoms with Gasteiger partial charge in [-0.1, -0.05) is 12.1 Å². The topological polar surface area (TPSA) is 58.9 Å². The third-order valence-electron chi connectivity index (χ3n) is 2.28. The first kappa shape index (κ1) is 12.2. The molecule has 0 aliphatic carbocycles. The van der Waals surface area contributed by atoms with Gasteiger partial charge in [0.2, 0.25) is 0 Å². The molecule has 0 fully saturated rings. The maximum atomic E-state index is 12.3. The molecule has 2 rings (SSSR count). The summed E-state index contributed by atoms with van der Waals surface area (Å²) in [5, 5.41) is 6.38. The molecule has 0 spiro atoms. The Morgan fingerprint density at radius 3 is 2.17 bits per heavy atom. The lowest BCUT2D eigenvalue weighted by molar-refractivity contribution is -0.137. The number of halogens is 3. The van der Waals surface area contributed by atoms with E-state index in [1.165, 1.54) is 0 Å². The molecule has 7 heteroatoms. The van der Waals surface area contributed by atoms with Gasteiger partial charge in [-0.3, -0.25) is 9.59 Å². The number of alkyl halides is 3. The van der Waals surface area contributed by atoms with Crippen molar-refractivity contribution >= 4 is 11.7 Å². The van der Waals surface area contributed by atoms with Crippen LogP contribution in [0.1, 0.15) is 15.9 Å². The first-order valence-electron chi connectivity index (χ1n) is 4.77. The maximum Gasteiger partial charge on any atom is 0.416 e. The van der Waals surface area contributed by atoms with Crippen molar-refractivity contribution < 1.29 is 22.8 Å². The Morgan fingerprint density at radius 1 is 1.11 bits per heavy atom. The summed E-state index contributed by atoms with van der Waals surface area (Å²) in [5.74, 6) is -1.49. The zero-order valence-corrected chi connectivity index (χ0v) is 8.73. The number of ketones is 1. The van der Waals surface area contributed by atoms with Crippen LogP contribution in [0.2, 0.25) is 0 Å². The van der Waals surface area contributed by atoms with Gasteiger partial charge in [-0.05, 0) is 12.1 Å². The van der Waals surface area contributed by atoms with Crippen molar-refractivity contribution in [3.63, 3.8) is 0 Å². The predicted octanol–water partition coefficient (Wildman–Crippen LogP) is 2.76. The molecule has 0 saturated heterocycles. The van der Waals surface area contributed by atoms with Crippen LogP contribution in [0.4, 0.5) is 13.2 Å². The average Bonchev–Trinajstić information content (AvgIpc) is 2.73. The number of nitrogens with zero attached hydrogens (tertiary/aromatic N) is 2. The van der Waals surface area contributed by atoms with E-state index in [-0.39, 0.29) is 11.1 Å². The summed E-state index contributed by atoms with van der Waals surface area (Å²) in [5.41, 5.74) is -1.13. The van der Waals surface area contributed by atoms with Gasteiger partial charge in [0.1, 0.15) is 5.57 Å². The van der Waals surface area contributed by atoms with Crippen molar-refractivity contribution in [2.75, 3.05) is 0 Å². The predicted molar refractivity (Wildman–Crippen MR) is 53.7 cm³/mol. The van der Waals surface area contributed by atoms with Crippen molar-refractivity contribution in [2.24, 2.45) is 10.2 Å². The Kier molecular flexibility index (Phi) is 2.82. The summed E-state index contributed by atoms with van der Waals surface area (Å²) in [6.45, 7) is 0. The lowest BCUT2D eigenvalue weighted by Crippen LogP contribution is -2.10. The van der Waals surface area contributed by atoms with Crippen LogP contribution < -0.4 is 0 Å². The molecule has 1 aromatic carbocycles. The van der Waals surface area contributed by atoms with Crippen molar-refractivity contribution in [1.29, 1.82) is 0 Å². The first-order valence-corrected chi connectivity index (χ1v) is 4.77. The highest BCUT2D eigenvalue weighted by molar-refractivity contribution is 6.26. The van der Waals surface area contributed by atoms with E-state index in [0.29, 0.717) is 0 Å². The zero-order valence-electron chi connectivity index (χ0n) is 8.73. The van der Waals surface area contributed by atoms with Gasteiger partial charge in [0.25, 0.3) is 0 Å². The molecular formula is C11H5F3N2O2. The molecule has 4 nitrogen and oxygen atoms in total. The molecule has 0 saturated carbocycles. The molecule has 1 aliphatic rings. The number of benzene rings is 1. The lowest BCUT2D eigenvalue weighted by Gasteiger charge is -2.06. The Labute approximate surface area is 98.8 Å². The highest BCUT2D eigenvalue weighted by Gasteiger charge is 2.30. The number of rotatable bonds is 2. The van der Waals surface area contributed by atoms with Crippen LogP contribution in [0.3, 0.4) is 0 Å². The van der Waals surface area contributed by atoms with E-state index in [0.717, 1.165) is 30.5 Å². The third-order valence-corrected chi connectivity index (χ3v) is 2.28. The number of hydrogen-bond acceptors (Lipinski definition) is 3. The van der Waals surface area contributed by atoms with Crippen LogP contribution in [0.25, 0.3) is 0 Å².